The molecule has 0 aromatic heterocycles. The smallest absolute Gasteiger partial charge is 0.332 e. The van der Waals surface area contributed by atoms with Gasteiger partial charge in [-0.1, -0.05) is 0 Å². The number of esters is 2. The van der Waals surface area contributed by atoms with Crippen molar-refractivity contribution in [2.24, 2.45) is 0 Å². The molecule has 2 unspecified atom stereocenters. The van der Waals surface area contributed by atoms with Crippen molar-refractivity contribution in [3.63, 3.8) is 0 Å². The molecule has 1 saturated heterocycles. The van der Waals surface area contributed by atoms with Crippen LogP contribution in [0, 0.1) is 0 Å². The zero-order valence-electron chi connectivity index (χ0n) is 11.0. The molecule has 0 N–H and O–H groups in total. The molecule has 6 nitrogen and oxygen atoms in total. The molecule has 2 atom stereocenters. The SMILES string of the molecule is CCOC(=O)C1C(OC(C)=O)CCCN1C(C)=O. The lowest BCUT2D eigenvalue weighted by molar-refractivity contribution is -0.170. The number of nitrogens with zero attached hydrogens (tertiary/aromatic N) is 1. The molecule has 0 aromatic carbocycles. The van der Waals surface area contributed by atoms with Gasteiger partial charge in [0.1, 0.15) is 6.10 Å². The van der Waals surface area contributed by atoms with Crippen molar-refractivity contribution in [1.82, 2.24) is 4.90 Å². The van der Waals surface area contributed by atoms with Crippen LogP contribution in [0.15, 0.2) is 0 Å². The van der Waals surface area contributed by atoms with Crippen LogP contribution in [-0.4, -0.2) is 48.0 Å². The molecule has 0 bridgehead atoms. The zero-order valence-corrected chi connectivity index (χ0v) is 11.0. The van der Waals surface area contributed by atoms with Crippen LogP contribution in [0.5, 0.6) is 0 Å². The van der Waals surface area contributed by atoms with Gasteiger partial charge >= 0.3 is 11.9 Å². The Kier molecular flexibility index (Phi) is 5.12. The van der Waals surface area contributed by atoms with Crippen LogP contribution < -0.4 is 0 Å². The molecule has 1 amide bonds. The number of ether oxygens (including phenoxy) is 2. The van der Waals surface area contributed by atoms with Crippen LogP contribution in [0.4, 0.5) is 0 Å². The van der Waals surface area contributed by atoms with Crippen molar-refractivity contribution in [1.29, 1.82) is 0 Å². The van der Waals surface area contributed by atoms with Crippen LogP contribution in [0.3, 0.4) is 0 Å². The molecule has 0 aliphatic carbocycles. The van der Waals surface area contributed by atoms with Gasteiger partial charge in [-0.25, -0.2) is 4.79 Å². The van der Waals surface area contributed by atoms with E-state index in [1.807, 2.05) is 0 Å². The Morgan fingerprint density at radius 3 is 2.44 bits per heavy atom. The van der Waals surface area contributed by atoms with Crippen LogP contribution in [0.2, 0.25) is 0 Å². The lowest BCUT2D eigenvalue weighted by Crippen LogP contribution is -2.56. The van der Waals surface area contributed by atoms with E-state index in [0.29, 0.717) is 19.4 Å². The molecule has 102 valence electrons. The predicted molar refractivity (Wildman–Crippen MR) is 62.6 cm³/mol. The minimum absolute atomic E-state index is 0.218. The fourth-order valence-electron chi connectivity index (χ4n) is 2.16. The topological polar surface area (TPSA) is 72.9 Å². The maximum absolute atomic E-state index is 11.9. The van der Waals surface area contributed by atoms with Gasteiger partial charge in [0.25, 0.3) is 0 Å². The monoisotopic (exact) mass is 257 g/mol. The van der Waals surface area contributed by atoms with E-state index in [-0.39, 0.29) is 12.5 Å². The number of hydrogen-bond donors (Lipinski definition) is 0. The predicted octanol–water partition coefficient (Wildman–Crippen LogP) is 0.492. The van der Waals surface area contributed by atoms with E-state index < -0.39 is 24.1 Å². The fraction of sp³-hybridized carbons (Fsp3) is 0.750. The Balaban J connectivity index is 2.89. The van der Waals surface area contributed by atoms with Gasteiger partial charge in [0.05, 0.1) is 6.61 Å². The summed E-state index contributed by atoms with van der Waals surface area (Å²) in [5.74, 6) is -1.19. The number of likely N-dealkylation sites (tertiary alicyclic amines) is 1. The molecule has 1 aliphatic rings. The number of carbonyl (C=O) groups excluding carboxylic acids is 3. The summed E-state index contributed by atoms with van der Waals surface area (Å²) in [6, 6.07) is -0.819. The second-order valence-corrected chi connectivity index (χ2v) is 4.20. The summed E-state index contributed by atoms with van der Waals surface area (Å²) >= 11 is 0. The Bertz CT molecular complexity index is 341. The number of amides is 1. The first-order chi connectivity index (χ1) is 8.47. The third-order valence-corrected chi connectivity index (χ3v) is 2.83. The first-order valence-electron chi connectivity index (χ1n) is 6.08. The van der Waals surface area contributed by atoms with E-state index in [4.69, 9.17) is 9.47 Å². The molecule has 0 aromatic rings. The third kappa shape index (κ3) is 3.45. The summed E-state index contributed by atoms with van der Waals surface area (Å²) in [4.78, 5) is 35.9. The quantitative estimate of drug-likeness (QED) is 0.688. The van der Waals surface area contributed by atoms with Crippen LogP contribution in [0.25, 0.3) is 0 Å². The van der Waals surface area contributed by atoms with Gasteiger partial charge < -0.3 is 14.4 Å². The molecule has 1 heterocycles. The number of carbonyl (C=O) groups is 3. The average Bonchev–Trinajstić information content (AvgIpc) is 2.28. The highest BCUT2D eigenvalue weighted by Crippen LogP contribution is 2.22. The van der Waals surface area contributed by atoms with Gasteiger partial charge in [-0.2, -0.15) is 0 Å². The summed E-state index contributed by atoms with van der Waals surface area (Å²) < 4.78 is 10.1. The van der Waals surface area contributed by atoms with Crippen molar-refractivity contribution in [3.8, 4) is 0 Å². The number of piperidine rings is 1. The maximum Gasteiger partial charge on any atom is 0.332 e. The van der Waals surface area contributed by atoms with Gasteiger partial charge in [0, 0.05) is 20.4 Å². The van der Waals surface area contributed by atoms with E-state index >= 15 is 0 Å². The highest BCUT2D eigenvalue weighted by atomic mass is 16.6. The highest BCUT2D eigenvalue weighted by Gasteiger charge is 2.41. The van der Waals surface area contributed by atoms with E-state index in [2.05, 4.69) is 0 Å². The molecule has 6 heteroatoms. The van der Waals surface area contributed by atoms with Crippen LogP contribution in [-0.2, 0) is 23.9 Å². The Labute approximate surface area is 106 Å². The van der Waals surface area contributed by atoms with Crippen molar-refractivity contribution < 1.29 is 23.9 Å². The van der Waals surface area contributed by atoms with Gasteiger partial charge in [-0.15, -0.1) is 0 Å². The molecular formula is C12H19NO5. The van der Waals surface area contributed by atoms with E-state index in [1.165, 1.54) is 18.7 Å². The standard InChI is InChI=1S/C12H19NO5/c1-4-17-12(16)11-10(18-9(3)15)6-5-7-13(11)8(2)14/h10-11H,4-7H2,1-3H3. The molecule has 0 saturated carbocycles. The van der Waals surface area contributed by atoms with Crippen molar-refractivity contribution in [2.75, 3.05) is 13.2 Å². The summed E-state index contributed by atoms with van der Waals surface area (Å²) in [6.45, 7) is 5.08. The normalized spacial score (nSPS) is 23.4. The Morgan fingerprint density at radius 2 is 1.94 bits per heavy atom. The number of hydrogen-bond acceptors (Lipinski definition) is 5. The molecule has 1 rings (SSSR count). The molecule has 0 radical (unpaired) electrons. The maximum atomic E-state index is 11.9. The summed E-state index contributed by atoms with van der Waals surface area (Å²) in [5.41, 5.74) is 0. The molecule has 18 heavy (non-hydrogen) atoms. The van der Waals surface area contributed by atoms with Crippen molar-refractivity contribution >= 4 is 17.8 Å². The van der Waals surface area contributed by atoms with E-state index in [1.54, 1.807) is 6.92 Å². The molecule has 0 spiro atoms. The lowest BCUT2D eigenvalue weighted by Gasteiger charge is -2.38. The first-order valence-corrected chi connectivity index (χ1v) is 6.08. The van der Waals surface area contributed by atoms with Crippen LogP contribution >= 0.6 is 0 Å². The first kappa shape index (κ1) is 14.5. The van der Waals surface area contributed by atoms with Crippen LogP contribution in [0.1, 0.15) is 33.6 Å². The molecule has 1 aliphatic heterocycles. The molecular weight excluding hydrogens is 238 g/mol. The summed E-state index contributed by atoms with van der Waals surface area (Å²) in [6.07, 6.45) is 0.652. The minimum Gasteiger partial charge on any atom is -0.464 e. The summed E-state index contributed by atoms with van der Waals surface area (Å²) in [5, 5.41) is 0. The average molecular weight is 257 g/mol. The second-order valence-electron chi connectivity index (χ2n) is 4.20. The Morgan fingerprint density at radius 1 is 1.28 bits per heavy atom. The van der Waals surface area contributed by atoms with Crippen molar-refractivity contribution in [3.05, 3.63) is 0 Å². The van der Waals surface area contributed by atoms with Gasteiger partial charge in [-0.3, -0.25) is 9.59 Å². The van der Waals surface area contributed by atoms with Gasteiger partial charge in [0.2, 0.25) is 5.91 Å². The zero-order chi connectivity index (χ0) is 13.7. The van der Waals surface area contributed by atoms with Gasteiger partial charge in [-0.05, 0) is 19.8 Å². The highest BCUT2D eigenvalue weighted by molar-refractivity contribution is 5.84. The van der Waals surface area contributed by atoms with Gasteiger partial charge in [0.15, 0.2) is 6.04 Å². The van der Waals surface area contributed by atoms with E-state index in [0.717, 1.165) is 0 Å². The number of rotatable bonds is 3. The van der Waals surface area contributed by atoms with E-state index in [9.17, 15) is 14.4 Å². The second kappa shape index (κ2) is 6.37. The lowest BCUT2D eigenvalue weighted by atomic mass is 9.98. The fourth-order valence-corrected chi connectivity index (χ4v) is 2.16. The third-order valence-electron chi connectivity index (χ3n) is 2.83. The van der Waals surface area contributed by atoms with Crippen molar-refractivity contribution in [2.45, 2.75) is 45.8 Å². The summed E-state index contributed by atoms with van der Waals surface area (Å²) in [7, 11) is 0. The Hall–Kier alpha value is -1.59. The molecule has 1 fully saturated rings. The largest absolute Gasteiger partial charge is 0.464 e. The minimum atomic E-state index is -0.819.